The second kappa shape index (κ2) is 12.7. The third-order valence-electron chi connectivity index (χ3n) is 5.32. The van der Waals surface area contributed by atoms with Gasteiger partial charge < -0.3 is 19.7 Å². The fourth-order valence-corrected chi connectivity index (χ4v) is 3.24. The van der Waals surface area contributed by atoms with Crippen LogP contribution in [0.5, 0.6) is 11.5 Å². The van der Waals surface area contributed by atoms with E-state index in [2.05, 4.69) is 5.32 Å². The van der Waals surface area contributed by atoms with Crippen LogP contribution < -0.4 is 14.8 Å². The molecule has 0 fully saturated rings. The molecule has 0 saturated carbocycles. The quantitative estimate of drug-likeness (QED) is 0.498. The number of aryl methyl sites for hydroxylation is 1. The molecule has 0 spiro atoms. The van der Waals surface area contributed by atoms with Gasteiger partial charge in [-0.15, -0.1) is 0 Å². The van der Waals surface area contributed by atoms with Gasteiger partial charge in [-0.1, -0.05) is 38.1 Å². The SMILES string of the molecule is COc1ccc(OCCCC(=O)N(Cc2ccccc2C)C(C)C(=O)NCC(C)C)cc1. The predicted octanol–water partition coefficient (Wildman–Crippen LogP) is 4.35. The van der Waals surface area contributed by atoms with E-state index >= 15 is 0 Å². The Bertz CT molecular complexity index is 864. The van der Waals surface area contributed by atoms with Gasteiger partial charge in [0, 0.05) is 19.5 Å². The van der Waals surface area contributed by atoms with E-state index in [-0.39, 0.29) is 11.8 Å². The Kier molecular flexibility index (Phi) is 10.1. The van der Waals surface area contributed by atoms with Gasteiger partial charge in [-0.2, -0.15) is 0 Å². The number of carbonyl (C=O) groups excluding carboxylic acids is 2. The zero-order valence-electron chi connectivity index (χ0n) is 19.9. The number of ether oxygens (including phenoxy) is 2. The van der Waals surface area contributed by atoms with E-state index in [4.69, 9.17) is 9.47 Å². The largest absolute Gasteiger partial charge is 0.497 e. The van der Waals surface area contributed by atoms with E-state index in [1.54, 1.807) is 18.9 Å². The lowest BCUT2D eigenvalue weighted by Gasteiger charge is -2.29. The Hall–Kier alpha value is -3.02. The Morgan fingerprint density at radius 1 is 1.00 bits per heavy atom. The maximum atomic E-state index is 13.1. The van der Waals surface area contributed by atoms with Crippen LogP contribution in [0.4, 0.5) is 0 Å². The minimum atomic E-state index is -0.552. The van der Waals surface area contributed by atoms with Crippen molar-refractivity contribution in [3.05, 3.63) is 59.7 Å². The van der Waals surface area contributed by atoms with Crippen LogP contribution in [0.2, 0.25) is 0 Å². The maximum Gasteiger partial charge on any atom is 0.242 e. The summed E-state index contributed by atoms with van der Waals surface area (Å²) in [6.07, 6.45) is 0.874. The topological polar surface area (TPSA) is 67.9 Å². The van der Waals surface area contributed by atoms with E-state index in [0.29, 0.717) is 38.5 Å². The molecule has 0 bridgehead atoms. The highest BCUT2D eigenvalue weighted by molar-refractivity contribution is 5.87. The molecule has 2 amide bonds. The number of benzene rings is 2. The van der Waals surface area contributed by atoms with Crippen LogP contribution in [0.25, 0.3) is 0 Å². The molecule has 0 aliphatic heterocycles. The lowest BCUT2D eigenvalue weighted by molar-refractivity contribution is -0.140. The first-order valence-electron chi connectivity index (χ1n) is 11.2. The maximum absolute atomic E-state index is 13.1. The number of hydrogen-bond acceptors (Lipinski definition) is 4. The highest BCUT2D eigenvalue weighted by Gasteiger charge is 2.26. The molecule has 6 heteroatoms. The Morgan fingerprint density at radius 2 is 1.66 bits per heavy atom. The van der Waals surface area contributed by atoms with Gasteiger partial charge in [-0.05, 0) is 61.6 Å². The number of rotatable bonds is 12. The van der Waals surface area contributed by atoms with Gasteiger partial charge in [0.05, 0.1) is 13.7 Å². The molecule has 0 heterocycles. The number of amides is 2. The molecule has 0 aromatic heterocycles. The third-order valence-corrected chi connectivity index (χ3v) is 5.32. The smallest absolute Gasteiger partial charge is 0.242 e. The molecule has 174 valence electrons. The molecular formula is C26H36N2O4. The van der Waals surface area contributed by atoms with Crippen molar-refractivity contribution in [2.24, 2.45) is 5.92 Å². The summed E-state index contributed by atoms with van der Waals surface area (Å²) in [5, 5.41) is 2.95. The van der Waals surface area contributed by atoms with Crippen LogP contribution in [-0.2, 0) is 16.1 Å². The average molecular weight is 441 g/mol. The summed E-state index contributed by atoms with van der Waals surface area (Å²) in [7, 11) is 1.62. The molecule has 1 atom stereocenters. The lowest BCUT2D eigenvalue weighted by Crippen LogP contribution is -2.48. The molecule has 2 rings (SSSR count). The molecule has 0 saturated heterocycles. The fourth-order valence-electron chi connectivity index (χ4n) is 3.24. The van der Waals surface area contributed by atoms with E-state index in [9.17, 15) is 9.59 Å². The summed E-state index contributed by atoms with van der Waals surface area (Å²) in [5.41, 5.74) is 2.14. The average Bonchev–Trinajstić information content (AvgIpc) is 2.79. The summed E-state index contributed by atoms with van der Waals surface area (Å²) >= 11 is 0. The summed E-state index contributed by atoms with van der Waals surface area (Å²) < 4.78 is 10.9. The van der Waals surface area contributed by atoms with E-state index in [1.165, 1.54) is 0 Å². The van der Waals surface area contributed by atoms with Crippen LogP contribution in [0.15, 0.2) is 48.5 Å². The zero-order valence-corrected chi connectivity index (χ0v) is 19.9. The van der Waals surface area contributed by atoms with Crippen molar-refractivity contribution >= 4 is 11.8 Å². The summed E-state index contributed by atoms with van der Waals surface area (Å²) in [5.74, 6) is 1.66. The molecule has 0 radical (unpaired) electrons. The second-order valence-corrected chi connectivity index (χ2v) is 8.39. The third kappa shape index (κ3) is 7.91. The van der Waals surface area contributed by atoms with E-state index in [0.717, 1.165) is 22.6 Å². The van der Waals surface area contributed by atoms with Crippen LogP contribution in [0.1, 0.15) is 44.7 Å². The van der Waals surface area contributed by atoms with Crippen molar-refractivity contribution in [2.75, 3.05) is 20.3 Å². The summed E-state index contributed by atoms with van der Waals surface area (Å²) in [4.78, 5) is 27.5. The zero-order chi connectivity index (χ0) is 23.5. The number of nitrogens with zero attached hydrogens (tertiary/aromatic N) is 1. The molecule has 1 unspecified atom stereocenters. The van der Waals surface area contributed by atoms with Crippen LogP contribution in [0, 0.1) is 12.8 Å². The van der Waals surface area contributed by atoms with E-state index < -0.39 is 6.04 Å². The standard InChI is InChI=1S/C26H36N2O4/c1-19(2)17-27-26(30)21(4)28(18-22-10-7-6-9-20(22)3)25(29)11-8-16-32-24-14-12-23(31-5)13-15-24/h6-7,9-10,12-15,19,21H,8,11,16-18H2,1-5H3,(H,27,30). The van der Waals surface area contributed by atoms with Crippen molar-refractivity contribution in [1.29, 1.82) is 0 Å². The summed E-state index contributed by atoms with van der Waals surface area (Å²) in [6.45, 7) is 9.31. The van der Waals surface area contributed by atoms with E-state index in [1.807, 2.05) is 69.3 Å². The minimum absolute atomic E-state index is 0.0567. The van der Waals surface area contributed by atoms with Gasteiger partial charge in [0.2, 0.25) is 11.8 Å². The van der Waals surface area contributed by atoms with Crippen molar-refractivity contribution < 1.29 is 19.1 Å². The number of hydrogen-bond donors (Lipinski definition) is 1. The van der Waals surface area contributed by atoms with Crippen molar-refractivity contribution in [3.63, 3.8) is 0 Å². The number of nitrogens with one attached hydrogen (secondary N) is 1. The first-order valence-corrected chi connectivity index (χ1v) is 11.2. The fraction of sp³-hybridized carbons (Fsp3) is 0.462. The highest BCUT2D eigenvalue weighted by atomic mass is 16.5. The van der Waals surface area contributed by atoms with Crippen molar-refractivity contribution in [1.82, 2.24) is 10.2 Å². The van der Waals surface area contributed by atoms with Gasteiger partial charge in [0.25, 0.3) is 0 Å². The van der Waals surface area contributed by atoms with Crippen molar-refractivity contribution in [3.8, 4) is 11.5 Å². The molecule has 0 aliphatic rings. The Labute approximate surface area is 191 Å². The van der Waals surface area contributed by atoms with Gasteiger partial charge in [0.1, 0.15) is 17.5 Å². The highest BCUT2D eigenvalue weighted by Crippen LogP contribution is 2.18. The van der Waals surface area contributed by atoms with Gasteiger partial charge in [-0.25, -0.2) is 0 Å². The van der Waals surface area contributed by atoms with Gasteiger partial charge >= 0.3 is 0 Å². The second-order valence-electron chi connectivity index (χ2n) is 8.39. The first kappa shape index (κ1) is 25.2. The number of methoxy groups -OCH3 is 1. The molecule has 2 aromatic carbocycles. The normalized spacial score (nSPS) is 11.7. The first-order chi connectivity index (χ1) is 15.3. The van der Waals surface area contributed by atoms with Gasteiger partial charge in [-0.3, -0.25) is 9.59 Å². The summed E-state index contributed by atoms with van der Waals surface area (Å²) in [6, 6.07) is 14.7. The molecular weight excluding hydrogens is 404 g/mol. The lowest BCUT2D eigenvalue weighted by atomic mass is 10.1. The predicted molar refractivity (Wildman–Crippen MR) is 127 cm³/mol. The Morgan fingerprint density at radius 3 is 2.28 bits per heavy atom. The van der Waals surface area contributed by atoms with Crippen LogP contribution >= 0.6 is 0 Å². The molecule has 32 heavy (non-hydrogen) atoms. The van der Waals surface area contributed by atoms with Crippen molar-refractivity contribution in [2.45, 2.75) is 53.1 Å². The number of carbonyl (C=O) groups is 2. The molecule has 6 nitrogen and oxygen atoms in total. The van der Waals surface area contributed by atoms with Crippen LogP contribution in [-0.4, -0.2) is 43.0 Å². The monoisotopic (exact) mass is 440 g/mol. The minimum Gasteiger partial charge on any atom is -0.497 e. The van der Waals surface area contributed by atoms with Gasteiger partial charge in [0.15, 0.2) is 0 Å². The van der Waals surface area contributed by atoms with Crippen LogP contribution in [0.3, 0.4) is 0 Å². The molecule has 2 aromatic rings. The Balaban J connectivity index is 1.98. The molecule has 1 N–H and O–H groups in total. The molecule has 0 aliphatic carbocycles.